The summed E-state index contributed by atoms with van der Waals surface area (Å²) in [6.07, 6.45) is 1.53. The van der Waals surface area contributed by atoms with Crippen LogP contribution in [0.3, 0.4) is 0 Å². The zero-order valence-electron chi connectivity index (χ0n) is 16.6. The molecule has 0 radical (unpaired) electrons. The predicted octanol–water partition coefficient (Wildman–Crippen LogP) is 2.50. The van der Waals surface area contributed by atoms with Crippen LogP contribution in [0.1, 0.15) is 16.1 Å². The van der Waals surface area contributed by atoms with Crippen LogP contribution in [-0.2, 0) is 6.54 Å². The molecule has 2 heterocycles. The van der Waals surface area contributed by atoms with Crippen LogP contribution in [0.25, 0.3) is 0 Å². The Morgan fingerprint density at radius 2 is 1.86 bits per heavy atom. The summed E-state index contributed by atoms with van der Waals surface area (Å²) in [7, 11) is 5.86. The van der Waals surface area contributed by atoms with E-state index in [1.165, 1.54) is 17.5 Å². The maximum Gasteiger partial charge on any atom is 0.289 e. The molecule has 152 valence electrons. The Morgan fingerprint density at radius 1 is 1.14 bits per heavy atom. The maximum atomic E-state index is 12.4. The number of carbonyl (C=O) groups is 1. The zero-order valence-corrected chi connectivity index (χ0v) is 18.9. The number of nitrogens with zero attached hydrogens (tertiary/aromatic N) is 4. The Balaban J connectivity index is 0.00000280. The van der Waals surface area contributed by atoms with E-state index in [0.29, 0.717) is 25.4 Å². The molecule has 1 saturated heterocycles. The minimum atomic E-state index is -0.0527. The molecule has 1 fully saturated rings. The molecule has 0 atom stereocenters. The van der Waals surface area contributed by atoms with E-state index in [0.717, 1.165) is 19.0 Å². The van der Waals surface area contributed by atoms with Crippen LogP contribution in [0.15, 0.2) is 52.1 Å². The second-order valence-corrected chi connectivity index (χ2v) is 6.72. The minimum Gasteiger partial charge on any atom is -0.459 e. The number of halogens is 1. The van der Waals surface area contributed by atoms with E-state index >= 15 is 0 Å². The summed E-state index contributed by atoms with van der Waals surface area (Å²) in [6.45, 7) is 3.49. The van der Waals surface area contributed by atoms with Crippen LogP contribution in [-0.4, -0.2) is 69.0 Å². The van der Waals surface area contributed by atoms with E-state index in [2.05, 4.69) is 44.4 Å². The first-order valence-electron chi connectivity index (χ1n) is 9.13. The number of anilines is 1. The number of piperazine rings is 1. The third-order valence-corrected chi connectivity index (χ3v) is 4.69. The molecule has 0 bridgehead atoms. The summed E-state index contributed by atoms with van der Waals surface area (Å²) in [5, 5.41) is 3.43. The van der Waals surface area contributed by atoms with Gasteiger partial charge in [0.25, 0.3) is 5.91 Å². The Hall–Kier alpha value is -2.23. The molecule has 1 aromatic heterocycles. The first kappa shape index (κ1) is 22.1. The number of benzene rings is 1. The summed E-state index contributed by atoms with van der Waals surface area (Å²) in [5.74, 6) is 1.20. The molecule has 0 unspecified atom stereocenters. The van der Waals surface area contributed by atoms with Crippen LogP contribution < -0.4 is 10.2 Å². The lowest BCUT2D eigenvalue weighted by Crippen LogP contribution is -2.53. The third kappa shape index (κ3) is 5.40. The number of amides is 1. The fourth-order valence-electron chi connectivity index (χ4n) is 3.14. The molecule has 3 rings (SSSR count). The van der Waals surface area contributed by atoms with Crippen LogP contribution in [0.2, 0.25) is 0 Å². The molecule has 0 saturated carbocycles. The summed E-state index contributed by atoms with van der Waals surface area (Å²) in [5.41, 5.74) is 2.38. The highest BCUT2D eigenvalue weighted by molar-refractivity contribution is 14.0. The van der Waals surface area contributed by atoms with Crippen molar-refractivity contribution in [1.82, 2.24) is 15.1 Å². The number of guanidine groups is 1. The monoisotopic (exact) mass is 497 g/mol. The summed E-state index contributed by atoms with van der Waals surface area (Å²) >= 11 is 0. The van der Waals surface area contributed by atoms with Gasteiger partial charge in [0.1, 0.15) is 0 Å². The molecule has 1 N–H and O–H groups in total. The number of carbonyl (C=O) groups excluding carboxylic acids is 1. The van der Waals surface area contributed by atoms with Gasteiger partial charge in [-0.05, 0) is 29.8 Å². The van der Waals surface area contributed by atoms with Gasteiger partial charge in [-0.1, -0.05) is 12.1 Å². The van der Waals surface area contributed by atoms with Crippen molar-refractivity contribution in [3.63, 3.8) is 0 Å². The molecular weight excluding hydrogens is 469 g/mol. The number of rotatable bonds is 4. The molecule has 2 aromatic rings. The summed E-state index contributed by atoms with van der Waals surface area (Å²) < 4.78 is 5.21. The van der Waals surface area contributed by atoms with Gasteiger partial charge in [0.15, 0.2) is 11.7 Å². The number of aliphatic imine (C=N–C) groups is 1. The minimum absolute atomic E-state index is 0. The molecule has 1 aromatic carbocycles. The third-order valence-electron chi connectivity index (χ3n) is 4.69. The van der Waals surface area contributed by atoms with Crippen molar-refractivity contribution in [3.05, 3.63) is 54.0 Å². The highest BCUT2D eigenvalue weighted by Gasteiger charge is 2.25. The molecule has 7 nitrogen and oxygen atoms in total. The van der Waals surface area contributed by atoms with Gasteiger partial charge < -0.3 is 24.4 Å². The van der Waals surface area contributed by atoms with Gasteiger partial charge in [-0.3, -0.25) is 9.79 Å². The Bertz CT molecular complexity index is 784. The van der Waals surface area contributed by atoms with Gasteiger partial charge in [0.05, 0.1) is 6.26 Å². The average molecular weight is 497 g/mol. The van der Waals surface area contributed by atoms with Gasteiger partial charge in [-0.25, -0.2) is 0 Å². The molecule has 1 aliphatic heterocycles. The zero-order chi connectivity index (χ0) is 19.2. The fourth-order valence-corrected chi connectivity index (χ4v) is 3.14. The van der Waals surface area contributed by atoms with E-state index in [1.807, 2.05) is 19.0 Å². The second-order valence-electron chi connectivity index (χ2n) is 6.72. The topological polar surface area (TPSA) is 64.3 Å². The predicted molar refractivity (Wildman–Crippen MR) is 123 cm³/mol. The average Bonchev–Trinajstić information content (AvgIpc) is 3.23. The van der Waals surface area contributed by atoms with Gasteiger partial charge in [-0.2, -0.15) is 0 Å². The Kier molecular flexibility index (Phi) is 8.16. The van der Waals surface area contributed by atoms with Gasteiger partial charge in [0, 0.05) is 59.6 Å². The largest absolute Gasteiger partial charge is 0.459 e. The molecule has 8 heteroatoms. The van der Waals surface area contributed by atoms with E-state index < -0.39 is 0 Å². The molecule has 1 amide bonds. The molecule has 28 heavy (non-hydrogen) atoms. The van der Waals surface area contributed by atoms with E-state index in [-0.39, 0.29) is 29.9 Å². The quantitative estimate of drug-likeness (QED) is 0.400. The molecular formula is C20H28IN5O2. The maximum absolute atomic E-state index is 12.4. The lowest BCUT2D eigenvalue weighted by Gasteiger charge is -2.36. The number of hydrogen-bond acceptors (Lipinski definition) is 4. The SMILES string of the molecule is CN=C(NCc1cccc(N(C)C)c1)N1CCN(C(=O)c2ccco2)CC1.I. The van der Waals surface area contributed by atoms with E-state index in [4.69, 9.17) is 4.42 Å². The van der Waals surface area contributed by atoms with Crippen molar-refractivity contribution in [3.8, 4) is 0 Å². The number of furan rings is 1. The van der Waals surface area contributed by atoms with Gasteiger partial charge >= 0.3 is 0 Å². The first-order valence-corrected chi connectivity index (χ1v) is 9.13. The van der Waals surface area contributed by atoms with Crippen molar-refractivity contribution < 1.29 is 9.21 Å². The van der Waals surface area contributed by atoms with Crippen LogP contribution in [0.5, 0.6) is 0 Å². The van der Waals surface area contributed by atoms with Crippen LogP contribution in [0, 0.1) is 0 Å². The van der Waals surface area contributed by atoms with Crippen molar-refractivity contribution in [2.75, 3.05) is 52.2 Å². The van der Waals surface area contributed by atoms with Crippen molar-refractivity contribution >= 4 is 41.5 Å². The van der Waals surface area contributed by atoms with Crippen molar-refractivity contribution in [1.29, 1.82) is 0 Å². The summed E-state index contributed by atoms with van der Waals surface area (Å²) in [4.78, 5) is 22.9. The highest BCUT2D eigenvalue weighted by Crippen LogP contribution is 2.14. The van der Waals surface area contributed by atoms with Gasteiger partial charge in [-0.15, -0.1) is 24.0 Å². The van der Waals surface area contributed by atoms with Crippen LogP contribution in [0.4, 0.5) is 5.69 Å². The van der Waals surface area contributed by atoms with Crippen molar-refractivity contribution in [2.45, 2.75) is 6.54 Å². The van der Waals surface area contributed by atoms with Crippen LogP contribution >= 0.6 is 24.0 Å². The lowest BCUT2D eigenvalue weighted by molar-refractivity contribution is 0.0657. The highest BCUT2D eigenvalue weighted by atomic mass is 127. The summed E-state index contributed by atoms with van der Waals surface area (Å²) in [6, 6.07) is 11.9. The number of hydrogen-bond donors (Lipinski definition) is 1. The first-order chi connectivity index (χ1) is 13.1. The molecule has 1 aliphatic rings. The Labute approximate surface area is 183 Å². The second kappa shape index (κ2) is 10.4. The number of nitrogens with one attached hydrogen (secondary N) is 1. The lowest BCUT2D eigenvalue weighted by atomic mass is 10.2. The molecule has 0 spiro atoms. The standard InChI is InChI=1S/C20H27N5O2.HI/c1-21-20(22-15-16-6-4-7-17(14-16)23(2)3)25-11-9-24(10-12-25)19(26)18-8-5-13-27-18;/h4-8,13-14H,9-12,15H2,1-3H3,(H,21,22);1H. The molecule has 0 aliphatic carbocycles. The smallest absolute Gasteiger partial charge is 0.289 e. The fraction of sp³-hybridized carbons (Fsp3) is 0.400. The van der Waals surface area contributed by atoms with Gasteiger partial charge in [0.2, 0.25) is 0 Å². The van der Waals surface area contributed by atoms with E-state index in [9.17, 15) is 4.79 Å². The Morgan fingerprint density at radius 3 is 2.46 bits per heavy atom. The normalized spacial score (nSPS) is 14.5. The van der Waals surface area contributed by atoms with Crippen molar-refractivity contribution in [2.24, 2.45) is 4.99 Å². The van der Waals surface area contributed by atoms with E-state index in [1.54, 1.807) is 19.2 Å².